The van der Waals surface area contributed by atoms with Gasteiger partial charge in [-0.05, 0) is 83.3 Å². The van der Waals surface area contributed by atoms with Gasteiger partial charge in [-0.15, -0.1) is 0 Å². The van der Waals surface area contributed by atoms with Crippen molar-refractivity contribution >= 4 is 69.1 Å². The maximum Gasteiger partial charge on any atom is 0.339 e. The van der Waals surface area contributed by atoms with Crippen LogP contribution in [0, 0.1) is 11.3 Å². The van der Waals surface area contributed by atoms with Crippen LogP contribution in [0.4, 0.5) is 5.69 Å². The Kier molecular flexibility index (Phi) is 9.49. The lowest BCUT2D eigenvalue weighted by Crippen LogP contribution is -2.29. The van der Waals surface area contributed by atoms with Crippen LogP contribution in [0.3, 0.4) is 0 Å². The molecule has 1 heterocycles. The van der Waals surface area contributed by atoms with Gasteiger partial charge in [0.2, 0.25) is 0 Å². The van der Waals surface area contributed by atoms with Gasteiger partial charge in [0.25, 0.3) is 5.91 Å². The quantitative estimate of drug-likeness (QED) is 0.137. The monoisotopic (exact) mass is 676 g/mol. The molecular formula is C40H34Cl2N2O4. The number of benzene rings is 4. The molecule has 48 heavy (non-hydrogen) atoms. The lowest BCUT2D eigenvalue weighted by molar-refractivity contribution is -0.119. The second-order valence-electron chi connectivity index (χ2n) is 13.0. The average Bonchev–Trinajstić information content (AvgIpc) is 3.07. The summed E-state index contributed by atoms with van der Waals surface area (Å²) >= 11 is 12.4. The van der Waals surface area contributed by atoms with E-state index in [2.05, 4.69) is 32.2 Å². The lowest BCUT2D eigenvalue weighted by Gasteiger charge is -2.36. The number of pyridine rings is 1. The van der Waals surface area contributed by atoms with Crippen LogP contribution in [0.15, 0.2) is 97.1 Å². The first-order chi connectivity index (χ1) is 23.0. The normalized spacial score (nSPS) is 15.2. The van der Waals surface area contributed by atoms with E-state index < -0.39 is 18.5 Å². The lowest BCUT2D eigenvalue weighted by atomic mass is 9.69. The molecule has 1 unspecified atom stereocenters. The third-order valence-electron chi connectivity index (χ3n) is 8.72. The van der Waals surface area contributed by atoms with Crippen molar-refractivity contribution in [2.24, 2.45) is 11.3 Å². The van der Waals surface area contributed by atoms with Gasteiger partial charge in [0.15, 0.2) is 12.4 Å². The van der Waals surface area contributed by atoms with Crippen molar-refractivity contribution in [2.75, 3.05) is 11.9 Å². The summed E-state index contributed by atoms with van der Waals surface area (Å²) in [7, 11) is 0. The molecule has 1 aliphatic carbocycles. The number of halogens is 2. The average molecular weight is 678 g/mol. The van der Waals surface area contributed by atoms with E-state index in [1.807, 2.05) is 54.6 Å². The number of rotatable bonds is 7. The largest absolute Gasteiger partial charge is 0.452 e. The third-order valence-corrected chi connectivity index (χ3v) is 9.21. The number of hydrogen-bond donors (Lipinski definition) is 1. The van der Waals surface area contributed by atoms with Gasteiger partial charge in [-0.3, -0.25) is 9.59 Å². The van der Waals surface area contributed by atoms with Gasteiger partial charge >= 0.3 is 5.97 Å². The number of carbonyl (C=O) groups excluding carboxylic acids is 3. The molecule has 0 saturated heterocycles. The molecule has 4 aromatic carbocycles. The fourth-order valence-electron chi connectivity index (χ4n) is 6.08. The SMILES string of the molecule is CC(C)(C)C1CC(=Cc2ccc(Cl)cc2)c2nc3ccccc3c(C(=O)OCC(=O)Nc3ccc(Cl)cc3C(=O)c3ccccc3)c2C1. The van der Waals surface area contributed by atoms with Gasteiger partial charge in [-0.2, -0.15) is 0 Å². The predicted octanol–water partition coefficient (Wildman–Crippen LogP) is 9.72. The van der Waals surface area contributed by atoms with Crippen LogP contribution in [0.5, 0.6) is 0 Å². The fraction of sp³-hybridized carbons (Fsp3) is 0.200. The van der Waals surface area contributed by atoms with Gasteiger partial charge in [0.1, 0.15) is 0 Å². The molecule has 1 aromatic heterocycles. The Balaban J connectivity index is 1.32. The van der Waals surface area contributed by atoms with Crippen LogP contribution in [0.2, 0.25) is 10.0 Å². The van der Waals surface area contributed by atoms with Crippen molar-refractivity contribution in [3.8, 4) is 0 Å². The zero-order valence-electron chi connectivity index (χ0n) is 26.8. The Labute approximate surface area is 289 Å². The number of nitrogens with one attached hydrogen (secondary N) is 1. The number of anilines is 1. The number of esters is 1. The minimum atomic E-state index is -0.614. The Hall–Kier alpha value is -4.78. The van der Waals surface area contributed by atoms with Crippen LogP contribution in [-0.4, -0.2) is 29.3 Å². The molecule has 6 rings (SSSR count). The molecule has 1 amide bonds. The van der Waals surface area contributed by atoms with E-state index in [-0.39, 0.29) is 28.4 Å². The summed E-state index contributed by atoms with van der Waals surface area (Å²) in [4.78, 5) is 45.5. The molecule has 242 valence electrons. The summed E-state index contributed by atoms with van der Waals surface area (Å²) in [6.45, 7) is 6.05. The Morgan fingerprint density at radius 3 is 2.29 bits per heavy atom. The maximum absolute atomic E-state index is 14.0. The van der Waals surface area contributed by atoms with Gasteiger partial charge < -0.3 is 10.1 Å². The van der Waals surface area contributed by atoms with Gasteiger partial charge in [0.05, 0.1) is 22.5 Å². The standard InChI is InChI=1S/C40H34Cl2N2O4/c1-40(2,3)27-20-26(19-24-13-15-28(41)16-14-24)37-32(21-27)36(30-11-7-8-12-33(30)44-37)39(47)48-23-35(45)43-34-18-17-29(42)22-31(34)38(46)25-9-5-4-6-10-25/h4-19,22,27H,20-21,23H2,1-3H3,(H,43,45). The predicted molar refractivity (Wildman–Crippen MR) is 193 cm³/mol. The first-order valence-electron chi connectivity index (χ1n) is 15.7. The number of fused-ring (bicyclic) bond motifs is 2. The van der Waals surface area contributed by atoms with E-state index in [1.54, 1.807) is 36.4 Å². The van der Waals surface area contributed by atoms with Crippen molar-refractivity contribution in [1.82, 2.24) is 4.98 Å². The summed E-state index contributed by atoms with van der Waals surface area (Å²) in [5, 5.41) is 4.40. The van der Waals surface area contributed by atoms with E-state index in [9.17, 15) is 14.4 Å². The topological polar surface area (TPSA) is 85.4 Å². The number of nitrogens with zero attached hydrogens (tertiary/aromatic N) is 1. The van der Waals surface area contributed by atoms with Gasteiger partial charge in [-0.1, -0.05) is 105 Å². The summed E-state index contributed by atoms with van der Waals surface area (Å²) < 4.78 is 5.71. The van der Waals surface area contributed by atoms with Crippen LogP contribution >= 0.6 is 23.2 Å². The number of carbonyl (C=O) groups is 3. The molecule has 1 aliphatic rings. The van der Waals surface area contributed by atoms with Crippen LogP contribution in [0.1, 0.15) is 70.3 Å². The Morgan fingerprint density at radius 1 is 0.875 bits per heavy atom. The number of hydrogen-bond acceptors (Lipinski definition) is 5. The highest BCUT2D eigenvalue weighted by molar-refractivity contribution is 6.31. The van der Waals surface area contributed by atoms with Gasteiger partial charge in [-0.25, -0.2) is 9.78 Å². The first kappa shape index (κ1) is 33.1. The summed E-state index contributed by atoms with van der Waals surface area (Å²) in [6, 6.07) is 28.5. The fourth-order valence-corrected chi connectivity index (χ4v) is 6.38. The van der Waals surface area contributed by atoms with Crippen molar-refractivity contribution in [3.05, 3.63) is 141 Å². The second kappa shape index (κ2) is 13.8. The summed E-state index contributed by atoms with van der Waals surface area (Å²) in [6.07, 6.45) is 3.52. The molecule has 0 saturated carbocycles. The highest BCUT2D eigenvalue weighted by Crippen LogP contribution is 2.45. The van der Waals surface area contributed by atoms with Crippen molar-refractivity contribution in [1.29, 1.82) is 0 Å². The molecule has 0 spiro atoms. The Morgan fingerprint density at radius 2 is 1.56 bits per heavy atom. The van der Waals surface area contributed by atoms with E-state index >= 15 is 0 Å². The van der Waals surface area contributed by atoms with Crippen molar-refractivity contribution < 1.29 is 19.1 Å². The molecule has 0 radical (unpaired) electrons. The highest BCUT2D eigenvalue weighted by atomic mass is 35.5. The summed E-state index contributed by atoms with van der Waals surface area (Å²) in [5.41, 5.74) is 5.53. The number of allylic oxidation sites excluding steroid dienone is 1. The Bertz CT molecular complexity index is 2070. The van der Waals surface area contributed by atoms with E-state index in [1.165, 1.54) is 6.07 Å². The smallest absolute Gasteiger partial charge is 0.339 e. The second-order valence-corrected chi connectivity index (χ2v) is 13.9. The first-order valence-corrected chi connectivity index (χ1v) is 16.5. The molecular weight excluding hydrogens is 643 g/mol. The number of ketones is 1. The zero-order valence-corrected chi connectivity index (χ0v) is 28.4. The van der Waals surface area contributed by atoms with E-state index in [0.29, 0.717) is 38.5 Å². The molecule has 6 nitrogen and oxygen atoms in total. The van der Waals surface area contributed by atoms with Crippen molar-refractivity contribution in [2.45, 2.75) is 33.6 Å². The number of para-hydroxylation sites is 1. The number of ether oxygens (including phenoxy) is 1. The van der Waals surface area contributed by atoms with Crippen LogP contribution < -0.4 is 5.32 Å². The van der Waals surface area contributed by atoms with Gasteiger partial charge in [0, 0.05) is 26.6 Å². The molecule has 1 N–H and O–H groups in total. The number of aromatic nitrogens is 1. The molecule has 0 aliphatic heterocycles. The van der Waals surface area contributed by atoms with Crippen LogP contribution in [0.25, 0.3) is 22.6 Å². The number of amides is 1. The van der Waals surface area contributed by atoms with E-state index in [4.69, 9.17) is 32.9 Å². The molecule has 5 aromatic rings. The van der Waals surface area contributed by atoms with E-state index in [0.717, 1.165) is 28.8 Å². The van der Waals surface area contributed by atoms with Crippen molar-refractivity contribution in [3.63, 3.8) is 0 Å². The molecule has 0 fully saturated rings. The van der Waals surface area contributed by atoms with Crippen LogP contribution in [-0.2, 0) is 16.0 Å². The zero-order chi connectivity index (χ0) is 34.0. The molecule has 0 bridgehead atoms. The minimum Gasteiger partial charge on any atom is -0.452 e. The maximum atomic E-state index is 14.0. The minimum absolute atomic E-state index is 0.0586. The summed E-state index contributed by atoms with van der Waals surface area (Å²) in [5.74, 6) is -1.28. The third kappa shape index (κ3) is 7.20. The molecule has 1 atom stereocenters. The highest BCUT2D eigenvalue weighted by Gasteiger charge is 2.35. The molecule has 8 heteroatoms.